The van der Waals surface area contributed by atoms with Gasteiger partial charge in [-0.1, -0.05) is 6.07 Å². The van der Waals surface area contributed by atoms with Gasteiger partial charge in [-0.3, -0.25) is 9.59 Å². The van der Waals surface area contributed by atoms with Gasteiger partial charge in [-0.2, -0.15) is 5.10 Å². The van der Waals surface area contributed by atoms with E-state index in [-0.39, 0.29) is 23.7 Å². The summed E-state index contributed by atoms with van der Waals surface area (Å²) in [6.07, 6.45) is 0. The number of hydrogen-bond acceptors (Lipinski definition) is 6. The summed E-state index contributed by atoms with van der Waals surface area (Å²) in [5, 5.41) is 9.40. The van der Waals surface area contributed by atoms with Crippen molar-refractivity contribution in [3.8, 4) is 0 Å². The van der Waals surface area contributed by atoms with Crippen molar-refractivity contribution in [2.45, 2.75) is 25.6 Å². The number of fused-ring (bicyclic) bond motifs is 1. The molecule has 122 valence electrons. The highest BCUT2D eigenvalue weighted by atomic mass is 32.2. The molecule has 0 radical (unpaired) electrons. The van der Waals surface area contributed by atoms with Gasteiger partial charge in [0.05, 0.1) is 23.3 Å². The van der Waals surface area contributed by atoms with Crippen LogP contribution >= 0.6 is 23.1 Å². The predicted octanol–water partition coefficient (Wildman–Crippen LogP) is 2.59. The summed E-state index contributed by atoms with van der Waals surface area (Å²) >= 11 is 3.23. The van der Waals surface area contributed by atoms with Crippen LogP contribution in [0, 0.1) is 6.92 Å². The minimum Gasteiger partial charge on any atom is -0.465 e. The van der Waals surface area contributed by atoms with E-state index in [1.54, 1.807) is 30.0 Å². The molecule has 0 saturated heterocycles. The molecule has 3 rings (SSSR count). The third-order valence-electron chi connectivity index (χ3n) is 3.46. The topological polar surface area (TPSA) is 73.2 Å². The van der Waals surface area contributed by atoms with Gasteiger partial charge in [0.1, 0.15) is 12.4 Å². The lowest BCUT2D eigenvalue weighted by Gasteiger charge is -2.13. The molecule has 0 aliphatic carbocycles. The Balaban J connectivity index is 2.02. The first-order valence-corrected chi connectivity index (χ1v) is 9.20. The molecule has 0 fully saturated rings. The fourth-order valence-corrected chi connectivity index (χ4v) is 4.73. The molecule has 8 heteroatoms. The third-order valence-corrected chi connectivity index (χ3v) is 5.80. The summed E-state index contributed by atoms with van der Waals surface area (Å²) in [6.45, 7) is 3.98. The Bertz CT molecular complexity index is 725. The van der Waals surface area contributed by atoms with Crippen molar-refractivity contribution in [2.75, 3.05) is 17.7 Å². The molecule has 3 heterocycles. The van der Waals surface area contributed by atoms with Crippen molar-refractivity contribution >= 4 is 40.8 Å². The Morgan fingerprint density at radius 3 is 3.09 bits per heavy atom. The zero-order valence-electron chi connectivity index (χ0n) is 12.9. The number of thioether (sulfide) groups is 1. The number of esters is 1. The van der Waals surface area contributed by atoms with Crippen LogP contribution in [-0.4, -0.2) is 34.0 Å². The van der Waals surface area contributed by atoms with Gasteiger partial charge >= 0.3 is 5.97 Å². The zero-order chi connectivity index (χ0) is 16.4. The second-order valence-corrected chi connectivity index (χ2v) is 7.14. The maximum Gasteiger partial charge on any atom is 0.327 e. The standard InChI is InChI=1S/C15H17N3O3S2/c1-3-21-12(20)7-18-15-13(9(2)17-18)14(10-5-4-6-22-10)23-8-11(19)16-15/h4-6,14H,3,7-8H2,1-2H3,(H,16,19)/t14-/m1/s1. The quantitative estimate of drug-likeness (QED) is 0.857. The highest BCUT2D eigenvalue weighted by Gasteiger charge is 2.31. The average Bonchev–Trinajstić information content (AvgIpc) is 3.07. The number of rotatable bonds is 4. The van der Waals surface area contributed by atoms with Gasteiger partial charge in [0, 0.05) is 10.4 Å². The fourth-order valence-electron chi connectivity index (χ4n) is 2.56. The van der Waals surface area contributed by atoms with Gasteiger partial charge in [-0.25, -0.2) is 4.68 Å². The Kier molecular flexibility index (Phi) is 4.72. The SMILES string of the molecule is CCOC(=O)Cn1nc(C)c2c1NC(=O)CS[C@@H]2c1cccs1. The van der Waals surface area contributed by atoms with Crippen molar-refractivity contribution in [3.63, 3.8) is 0 Å². The smallest absolute Gasteiger partial charge is 0.327 e. The molecule has 0 spiro atoms. The summed E-state index contributed by atoms with van der Waals surface area (Å²) in [7, 11) is 0. The van der Waals surface area contributed by atoms with Crippen LogP contribution in [0.5, 0.6) is 0 Å². The van der Waals surface area contributed by atoms with Crippen molar-refractivity contribution in [2.24, 2.45) is 0 Å². The molecule has 1 aliphatic rings. The molecule has 0 unspecified atom stereocenters. The van der Waals surface area contributed by atoms with Crippen LogP contribution in [0.4, 0.5) is 5.82 Å². The van der Waals surface area contributed by atoms with Crippen LogP contribution < -0.4 is 5.32 Å². The number of thiophene rings is 1. The number of aryl methyl sites for hydroxylation is 1. The third kappa shape index (κ3) is 3.28. The molecule has 0 aromatic carbocycles. The van der Waals surface area contributed by atoms with Gasteiger partial charge in [0.2, 0.25) is 5.91 Å². The van der Waals surface area contributed by atoms with E-state index < -0.39 is 0 Å². The summed E-state index contributed by atoms with van der Waals surface area (Å²) in [4.78, 5) is 25.0. The summed E-state index contributed by atoms with van der Waals surface area (Å²) in [6, 6.07) is 4.06. The lowest BCUT2D eigenvalue weighted by Crippen LogP contribution is -2.20. The Hall–Kier alpha value is -1.80. The van der Waals surface area contributed by atoms with Crippen LogP contribution in [0.1, 0.15) is 28.3 Å². The molecule has 2 aromatic heterocycles. The van der Waals surface area contributed by atoms with E-state index in [9.17, 15) is 9.59 Å². The van der Waals surface area contributed by atoms with Crippen molar-refractivity contribution in [1.82, 2.24) is 9.78 Å². The second-order valence-electron chi connectivity index (χ2n) is 5.07. The molecule has 1 N–H and O–H groups in total. The highest BCUT2D eigenvalue weighted by molar-refractivity contribution is 8.00. The summed E-state index contributed by atoms with van der Waals surface area (Å²) in [5.74, 6) is 0.525. The maximum absolute atomic E-state index is 12.0. The fraction of sp³-hybridized carbons (Fsp3) is 0.400. The van der Waals surface area contributed by atoms with E-state index >= 15 is 0 Å². The molecule has 23 heavy (non-hydrogen) atoms. The van der Waals surface area contributed by atoms with Gasteiger partial charge < -0.3 is 10.1 Å². The molecule has 0 saturated carbocycles. The molecular formula is C15H17N3O3S2. The van der Waals surface area contributed by atoms with Crippen molar-refractivity contribution in [3.05, 3.63) is 33.6 Å². The first-order chi connectivity index (χ1) is 11.1. The Morgan fingerprint density at radius 1 is 1.57 bits per heavy atom. The molecule has 1 aliphatic heterocycles. The predicted molar refractivity (Wildman–Crippen MR) is 90.8 cm³/mol. The molecule has 6 nitrogen and oxygen atoms in total. The number of ether oxygens (including phenoxy) is 1. The first kappa shape index (κ1) is 16.1. The van der Waals surface area contributed by atoms with Gasteiger partial charge in [0.25, 0.3) is 0 Å². The van der Waals surface area contributed by atoms with Gasteiger partial charge in [-0.05, 0) is 25.3 Å². The summed E-state index contributed by atoms with van der Waals surface area (Å²) in [5.41, 5.74) is 1.78. The van der Waals surface area contributed by atoms with Gasteiger partial charge in [0.15, 0.2) is 0 Å². The van der Waals surface area contributed by atoms with Crippen molar-refractivity contribution in [1.29, 1.82) is 0 Å². The number of carbonyl (C=O) groups is 2. The normalized spacial score (nSPS) is 17.3. The van der Waals surface area contributed by atoms with E-state index in [4.69, 9.17) is 4.74 Å². The zero-order valence-corrected chi connectivity index (χ0v) is 14.5. The lowest BCUT2D eigenvalue weighted by molar-refractivity contribution is -0.144. The first-order valence-electron chi connectivity index (χ1n) is 7.28. The maximum atomic E-state index is 12.0. The van der Waals surface area contributed by atoms with Gasteiger partial charge in [-0.15, -0.1) is 23.1 Å². The number of nitrogens with zero attached hydrogens (tertiary/aromatic N) is 2. The minimum atomic E-state index is -0.364. The number of carbonyl (C=O) groups excluding carboxylic acids is 2. The molecule has 0 bridgehead atoms. The van der Waals surface area contributed by atoms with Crippen molar-refractivity contribution < 1.29 is 14.3 Å². The molecule has 1 amide bonds. The molecular weight excluding hydrogens is 334 g/mol. The largest absolute Gasteiger partial charge is 0.465 e. The highest BCUT2D eigenvalue weighted by Crippen LogP contribution is 2.44. The Labute approximate surface area is 142 Å². The van der Waals surface area contributed by atoms with E-state index in [0.717, 1.165) is 11.3 Å². The monoisotopic (exact) mass is 351 g/mol. The van der Waals surface area contributed by atoms with E-state index in [0.29, 0.717) is 18.2 Å². The second kappa shape index (κ2) is 6.76. The van der Waals surface area contributed by atoms with E-state index in [2.05, 4.69) is 16.5 Å². The Morgan fingerprint density at radius 2 is 2.39 bits per heavy atom. The number of anilines is 1. The van der Waals surface area contributed by atoms with Crippen LogP contribution in [0.15, 0.2) is 17.5 Å². The van der Waals surface area contributed by atoms with E-state index in [1.165, 1.54) is 9.56 Å². The number of amides is 1. The summed E-state index contributed by atoms with van der Waals surface area (Å²) < 4.78 is 6.52. The number of hydrogen-bond donors (Lipinski definition) is 1. The number of aromatic nitrogens is 2. The lowest BCUT2D eigenvalue weighted by atomic mass is 10.1. The van der Waals surface area contributed by atoms with Crippen LogP contribution in [-0.2, 0) is 20.9 Å². The van der Waals surface area contributed by atoms with Crippen LogP contribution in [0.3, 0.4) is 0 Å². The number of nitrogens with one attached hydrogen (secondary N) is 1. The van der Waals surface area contributed by atoms with Crippen LogP contribution in [0.25, 0.3) is 0 Å². The van der Waals surface area contributed by atoms with E-state index in [1.807, 2.05) is 18.4 Å². The molecule has 2 aromatic rings. The van der Waals surface area contributed by atoms with Crippen LogP contribution in [0.2, 0.25) is 0 Å². The minimum absolute atomic E-state index is 0.00782. The average molecular weight is 351 g/mol. The molecule has 1 atom stereocenters.